The monoisotopic (exact) mass is 389 g/mol. The molecule has 0 spiro atoms. The van der Waals surface area contributed by atoms with E-state index in [4.69, 9.17) is 4.99 Å². The predicted octanol–water partition coefficient (Wildman–Crippen LogP) is 7.12. The standard InChI is InChI=1S/C20H14F3NS2/c21-20(22,23)14-9-7-13(8-10-14)19-12-16(17-6-3-11-25-17)24-15-4-1-2-5-18(15)26-19/h1-11,19H,12H2/t19-/m1/s1. The van der Waals surface area contributed by atoms with Gasteiger partial charge >= 0.3 is 6.18 Å². The number of thioether (sulfide) groups is 1. The largest absolute Gasteiger partial charge is 0.416 e. The van der Waals surface area contributed by atoms with Gasteiger partial charge in [0.25, 0.3) is 0 Å². The molecule has 4 rings (SSSR count). The van der Waals surface area contributed by atoms with Crippen molar-refractivity contribution in [2.45, 2.75) is 22.7 Å². The highest BCUT2D eigenvalue weighted by Gasteiger charge is 2.30. The summed E-state index contributed by atoms with van der Waals surface area (Å²) >= 11 is 3.28. The summed E-state index contributed by atoms with van der Waals surface area (Å²) in [7, 11) is 0. The van der Waals surface area contributed by atoms with Crippen LogP contribution in [0.5, 0.6) is 0 Å². The van der Waals surface area contributed by atoms with E-state index in [1.165, 1.54) is 0 Å². The fourth-order valence-electron chi connectivity index (χ4n) is 2.88. The second-order valence-electron chi connectivity index (χ2n) is 5.93. The summed E-state index contributed by atoms with van der Waals surface area (Å²) in [4.78, 5) is 6.98. The van der Waals surface area contributed by atoms with Crippen molar-refractivity contribution in [3.8, 4) is 0 Å². The van der Waals surface area contributed by atoms with Gasteiger partial charge in [0.05, 0.1) is 17.0 Å². The van der Waals surface area contributed by atoms with Crippen LogP contribution in [0.1, 0.15) is 27.7 Å². The number of aliphatic imine (C=N–C) groups is 1. The first-order valence-electron chi connectivity index (χ1n) is 8.05. The summed E-state index contributed by atoms with van der Waals surface area (Å²) in [6, 6.07) is 17.4. The molecule has 1 aliphatic heterocycles. The van der Waals surface area contributed by atoms with Gasteiger partial charge in [-0.3, -0.25) is 4.99 Å². The predicted molar refractivity (Wildman–Crippen MR) is 102 cm³/mol. The highest BCUT2D eigenvalue weighted by Crippen LogP contribution is 2.46. The average Bonchev–Trinajstić information content (AvgIpc) is 3.09. The van der Waals surface area contributed by atoms with E-state index >= 15 is 0 Å². The van der Waals surface area contributed by atoms with E-state index in [9.17, 15) is 13.2 Å². The van der Waals surface area contributed by atoms with Crippen LogP contribution in [0.15, 0.2) is 75.9 Å². The van der Waals surface area contributed by atoms with Crippen LogP contribution in [0.2, 0.25) is 0 Å². The lowest BCUT2D eigenvalue weighted by Gasteiger charge is -2.16. The van der Waals surface area contributed by atoms with Gasteiger partial charge in [0, 0.05) is 21.4 Å². The molecule has 26 heavy (non-hydrogen) atoms. The third-order valence-electron chi connectivity index (χ3n) is 4.18. The van der Waals surface area contributed by atoms with Crippen molar-refractivity contribution < 1.29 is 13.2 Å². The van der Waals surface area contributed by atoms with Gasteiger partial charge in [0.2, 0.25) is 0 Å². The van der Waals surface area contributed by atoms with Crippen molar-refractivity contribution in [1.29, 1.82) is 0 Å². The molecular formula is C20H14F3NS2. The molecule has 0 saturated heterocycles. The van der Waals surface area contributed by atoms with Gasteiger partial charge in [-0.2, -0.15) is 13.2 Å². The van der Waals surface area contributed by atoms with Gasteiger partial charge in [-0.25, -0.2) is 0 Å². The Morgan fingerprint density at radius 3 is 2.38 bits per heavy atom. The van der Waals surface area contributed by atoms with E-state index in [1.807, 2.05) is 41.8 Å². The smallest absolute Gasteiger partial charge is 0.251 e. The van der Waals surface area contributed by atoms with Gasteiger partial charge in [-0.05, 0) is 41.3 Å². The number of benzene rings is 2. The number of hydrogen-bond acceptors (Lipinski definition) is 3. The fourth-order valence-corrected chi connectivity index (χ4v) is 4.84. The highest BCUT2D eigenvalue weighted by molar-refractivity contribution is 7.99. The van der Waals surface area contributed by atoms with E-state index in [2.05, 4.69) is 0 Å². The number of halogens is 3. The Bertz CT molecular complexity index is 928. The van der Waals surface area contributed by atoms with Gasteiger partial charge < -0.3 is 0 Å². The molecular weight excluding hydrogens is 375 g/mol. The summed E-state index contributed by atoms with van der Waals surface area (Å²) in [6.45, 7) is 0. The molecule has 6 heteroatoms. The molecule has 0 fully saturated rings. The number of thiophene rings is 1. The van der Waals surface area contributed by atoms with E-state index < -0.39 is 11.7 Å². The molecule has 1 aliphatic rings. The maximum Gasteiger partial charge on any atom is 0.416 e. The zero-order chi connectivity index (χ0) is 18.1. The van der Waals surface area contributed by atoms with Crippen LogP contribution < -0.4 is 0 Å². The number of para-hydroxylation sites is 1. The summed E-state index contributed by atoms with van der Waals surface area (Å²) < 4.78 is 38.5. The zero-order valence-corrected chi connectivity index (χ0v) is 15.2. The first-order valence-corrected chi connectivity index (χ1v) is 9.81. The fraction of sp³-hybridized carbons (Fsp3) is 0.150. The Balaban J connectivity index is 1.72. The summed E-state index contributed by atoms with van der Waals surface area (Å²) in [5.41, 5.74) is 2.15. The van der Waals surface area contributed by atoms with Crippen LogP contribution in [-0.4, -0.2) is 5.71 Å². The molecule has 132 valence electrons. The van der Waals surface area contributed by atoms with Crippen molar-refractivity contribution in [3.63, 3.8) is 0 Å². The Morgan fingerprint density at radius 1 is 0.923 bits per heavy atom. The molecule has 2 aromatic carbocycles. The van der Waals surface area contributed by atoms with Crippen LogP contribution in [0.4, 0.5) is 18.9 Å². The van der Waals surface area contributed by atoms with E-state index in [-0.39, 0.29) is 5.25 Å². The summed E-state index contributed by atoms with van der Waals surface area (Å²) in [5.74, 6) is 0. The van der Waals surface area contributed by atoms with Crippen molar-refractivity contribution in [2.75, 3.05) is 0 Å². The molecule has 0 radical (unpaired) electrons. The van der Waals surface area contributed by atoms with Crippen LogP contribution in [0, 0.1) is 0 Å². The third-order valence-corrected chi connectivity index (χ3v) is 6.43. The minimum Gasteiger partial charge on any atom is -0.251 e. The van der Waals surface area contributed by atoms with Crippen LogP contribution in [-0.2, 0) is 6.18 Å². The lowest BCUT2D eigenvalue weighted by atomic mass is 10.0. The maximum absolute atomic E-state index is 12.8. The number of alkyl halides is 3. The quantitative estimate of drug-likeness (QED) is 0.454. The number of nitrogens with zero attached hydrogens (tertiary/aromatic N) is 1. The molecule has 0 N–H and O–H groups in total. The normalized spacial score (nSPS) is 17.3. The highest BCUT2D eigenvalue weighted by atomic mass is 32.2. The Hall–Kier alpha value is -2.05. The third kappa shape index (κ3) is 3.57. The van der Waals surface area contributed by atoms with Gasteiger partial charge in [-0.15, -0.1) is 23.1 Å². The SMILES string of the molecule is FC(F)(F)c1ccc([C@H]2CC(c3cccs3)=Nc3ccccc3S2)cc1. The Kier molecular flexibility index (Phi) is 4.63. The molecule has 0 saturated carbocycles. The molecule has 0 bridgehead atoms. The molecule has 2 heterocycles. The van der Waals surface area contributed by atoms with Crippen molar-refractivity contribution >= 4 is 34.5 Å². The molecule has 3 aromatic rings. The first-order chi connectivity index (χ1) is 12.5. The molecule has 1 atom stereocenters. The first kappa shape index (κ1) is 17.4. The molecule has 0 aliphatic carbocycles. The van der Waals surface area contributed by atoms with Crippen molar-refractivity contribution in [3.05, 3.63) is 82.0 Å². The Labute approximate surface area is 157 Å². The minimum absolute atomic E-state index is 0.0155. The molecule has 1 aromatic heterocycles. The number of rotatable bonds is 2. The van der Waals surface area contributed by atoms with E-state index in [0.29, 0.717) is 6.42 Å². The van der Waals surface area contributed by atoms with Crippen LogP contribution in [0.25, 0.3) is 0 Å². The zero-order valence-electron chi connectivity index (χ0n) is 13.5. The van der Waals surface area contributed by atoms with Crippen LogP contribution >= 0.6 is 23.1 Å². The second-order valence-corrected chi connectivity index (χ2v) is 8.13. The average molecular weight is 389 g/mol. The molecule has 0 amide bonds. The van der Waals surface area contributed by atoms with Crippen LogP contribution in [0.3, 0.4) is 0 Å². The van der Waals surface area contributed by atoms with Gasteiger partial charge in [-0.1, -0.05) is 30.3 Å². The van der Waals surface area contributed by atoms with Crippen molar-refractivity contribution in [1.82, 2.24) is 0 Å². The number of hydrogen-bond donors (Lipinski definition) is 0. The van der Waals surface area contributed by atoms with E-state index in [1.54, 1.807) is 35.2 Å². The minimum atomic E-state index is -4.31. The van der Waals surface area contributed by atoms with Gasteiger partial charge in [0.15, 0.2) is 0 Å². The molecule has 0 unspecified atom stereocenters. The van der Waals surface area contributed by atoms with E-state index in [0.717, 1.165) is 38.9 Å². The number of fused-ring (bicyclic) bond motifs is 1. The van der Waals surface area contributed by atoms with Gasteiger partial charge in [0.1, 0.15) is 0 Å². The maximum atomic E-state index is 12.8. The topological polar surface area (TPSA) is 12.4 Å². The second kappa shape index (κ2) is 6.93. The Morgan fingerprint density at radius 2 is 1.69 bits per heavy atom. The lowest BCUT2D eigenvalue weighted by Crippen LogP contribution is -2.06. The lowest BCUT2D eigenvalue weighted by molar-refractivity contribution is -0.137. The van der Waals surface area contributed by atoms with Crippen molar-refractivity contribution in [2.24, 2.45) is 4.99 Å². The summed E-state index contributed by atoms with van der Waals surface area (Å²) in [5, 5.41) is 2.02. The summed E-state index contributed by atoms with van der Waals surface area (Å²) in [6.07, 6.45) is -3.64. The molecule has 1 nitrogen and oxygen atoms in total.